The number of hydrogen-bond acceptors (Lipinski definition) is 9. The highest BCUT2D eigenvalue weighted by atomic mass is 32.2. The molecule has 6 nitrogen and oxygen atoms in total. The van der Waals surface area contributed by atoms with E-state index in [4.69, 9.17) is 14.7 Å². The van der Waals surface area contributed by atoms with E-state index in [2.05, 4.69) is 24.1 Å². The van der Waals surface area contributed by atoms with Crippen molar-refractivity contribution in [2.45, 2.75) is 49.1 Å². The number of ether oxygens (including phenoxy) is 1. The maximum absolute atomic E-state index is 12.3. The minimum atomic E-state index is -0.163. The molecule has 28 heavy (non-hydrogen) atoms. The van der Waals surface area contributed by atoms with Gasteiger partial charge in [0, 0.05) is 28.3 Å². The maximum Gasteiger partial charge on any atom is 0.236 e. The van der Waals surface area contributed by atoms with Gasteiger partial charge in [0.25, 0.3) is 0 Å². The average Bonchev–Trinajstić information content (AvgIpc) is 3.33. The van der Waals surface area contributed by atoms with Crippen molar-refractivity contribution in [1.82, 2.24) is 15.0 Å². The first-order valence-electron chi connectivity index (χ1n) is 8.83. The van der Waals surface area contributed by atoms with Crippen LogP contribution >= 0.6 is 46.2 Å². The van der Waals surface area contributed by atoms with Crippen molar-refractivity contribution < 1.29 is 9.53 Å². The number of thiazole rings is 1. The molecule has 0 bridgehead atoms. The molecule has 4 rings (SSSR count). The van der Waals surface area contributed by atoms with E-state index < -0.39 is 0 Å². The van der Waals surface area contributed by atoms with Crippen LogP contribution in [0.3, 0.4) is 0 Å². The molecule has 3 aromatic heterocycles. The van der Waals surface area contributed by atoms with E-state index in [0.29, 0.717) is 11.7 Å². The molecule has 10 heteroatoms. The van der Waals surface area contributed by atoms with Gasteiger partial charge in [-0.1, -0.05) is 30.4 Å². The Hall–Kier alpha value is -1.20. The Kier molecular flexibility index (Phi) is 5.93. The summed E-state index contributed by atoms with van der Waals surface area (Å²) in [4.78, 5) is 28.1. The molecule has 1 amide bonds. The molecule has 0 fully saturated rings. The van der Waals surface area contributed by atoms with Gasteiger partial charge in [-0.05, 0) is 25.2 Å². The SMILES string of the molecule is CC[C@@]1(C)Cc2c(sc3nc(SC)nc(SCC(=O)Nc4nccs4)c23)CO1. The molecule has 0 saturated carbocycles. The zero-order valence-corrected chi connectivity index (χ0v) is 19.0. The van der Waals surface area contributed by atoms with Crippen LogP contribution in [0.1, 0.15) is 30.7 Å². The van der Waals surface area contributed by atoms with Crippen molar-refractivity contribution in [1.29, 1.82) is 0 Å². The molecule has 1 aliphatic heterocycles. The largest absolute Gasteiger partial charge is 0.369 e. The fraction of sp³-hybridized carbons (Fsp3) is 0.444. The van der Waals surface area contributed by atoms with Crippen LogP contribution in [0.4, 0.5) is 5.13 Å². The van der Waals surface area contributed by atoms with E-state index in [1.165, 1.54) is 45.3 Å². The Morgan fingerprint density at radius 1 is 1.43 bits per heavy atom. The molecule has 3 aromatic rings. The molecule has 0 aliphatic carbocycles. The molecule has 0 aromatic carbocycles. The first-order valence-corrected chi connectivity index (χ1v) is 12.7. The standard InChI is InChI=1S/C18H20N4O2S4/c1-4-18(2)7-10-11(8-24-18)28-15-13(10)14(21-17(22-15)25-3)27-9-12(23)20-16-19-5-6-26-16/h5-6H,4,7-9H2,1-3H3,(H,19,20,23)/t18-/m0/s1. The number of rotatable bonds is 6. The Morgan fingerprint density at radius 3 is 3.00 bits per heavy atom. The van der Waals surface area contributed by atoms with Gasteiger partial charge < -0.3 is 10.1 Å². The Balaban J connectivity index is 1.64. The zero-order valence-electron chi connectivity index (χ0n) is 15.8. The van der Waals surface area contributed by atoms with Crippen LogP contribution < -0.4 is 5.32 Å². The van der Waals surface area contributed by atoms with Crippen molar-refractivity contribution in [3.63, 3.8) is 0 Å². The van der Waals surface area contributed by atoms with Crippen LogP contribution in [0.5, 0.6) is 0 Å². The summed E-state index contributed by atoms with van der Waals surface area (Å²) in [5.74, 6) is 0.203. The van der Waals surface area contributed by atoms with Gasteiger partial charge >= 0.3 is 0 Å². The summed E-state index contributed by atoms with van der Waals surface area (Å²) < 4.78 is 6.10. The summed E-state index contributed by atoms with van der Waals surface area (Å²) in [6.45, 7) is 4.93. The molecule has 0 saturated heterocycles. The van der Waals surface area contributed by atoms with E-state index in [0.717, 1.165) is 33.2 Å². The number of carbonyl (C=O) groups is 1. The highest BCUT2D eigenvalue weighted by molar-refractivity contribution is 8.00. The van der Waals surface area contributed by atoms with Crippen molar-refractivity contribution in [2.24, 2.45) is 0 Å². The summed E-state index contributed by atoms with van der Waals surface area (Å²) >= 11 is 6.07. The summed E-state index contributed by atoms with van der Waals surface area (Å²) in [5, 5.41) is 7.98. The van der Waals surface area contributed by atoms with Gasteiger partial charge in [0.15, 0.2) is 10.3 Å². The summed E-state index contributed by atoms with van der Waals surface area (Å²) in [6.07, 6.45) is 5.44. The van der Waals surface area contributed by atoms with Crippen molar-refractivity contribution >= 4 is 67.5 Å². The minimum absolute atomic E-state index is 0.0803. The molecular formula is C18H20N4O2S4. The molecule has 148 valence electrons. The molecular weight excluding hydrogens is 432 g/mol. The number of amides is 1. The summed E-state index contributed by atoms with van der Waals surface area (Å²) in [5.41, 5.74) is 1.12. The topological polar surface area (TPSA) is 77.0 Å². The van der Waals surface area contributed by atoms with E-state index in [1.807, 2.05) is 11.6 Å². The summed E-state index contributed by atoms with van der Waals surface area (Å²) in [6, 6.07) is 0. The lowest BCUT2D eigenvalue weighted by Gasteiger charge is -2.33. The Bertz CT molecular complexity index is 1000. The van der Waals surface area contributed by atoms with Crippen LogP contribution in [0.25, 0.3) is 10.2 Å². The van der Waals surface area contributed by atoms with Crippen LogP contribution in [-0.2, 0) is 22.6 Å². The predicted octanol–water partition coefficient (Wildman–Crippen LogP) is 4.84. The molecule has 0 radical (unpaired) electrons. The first-order chi connectivity index (χ1) is 13.5. The number of thiophene rings is 1. The highest BCUT2D eigenvalue weighted by Crippen LogP contribution is 2.43. The lowest BCUT2D eigenvalue weighted by Crippen LogP contribution is -2.33. The molecule has 1 atom stereocenters. The van der Waals surface area contributed by atoms with Crippen LogP contribution in [-0.4, -0.2) is 38.5 Å². The van der Waals surface area contributed by atoms with Gasteiger partial charge in [0.2, 0.25) is 5.91 Å². The minimum Gasteiger partial charge on any atom is -0.369 e. The van der Waals surface area contributed by atoms with Crippen molar-refractivity contribution in [3.05, 3.63) is 22.0 Å². The molecule has 4 heterocycles. The predicted molar refractivity (Wildman–Crippen MR) is 118 cm³/mol. The highest BCUT2D eigenvalue weighted by Gasteiger charge is 2.33. The third-order valence-corrected chi connectivity index (χ3v) is 8.04. The summed E-state index contributed by atoms with van der Waals surface area (Å²) in [7, 11) is 0. The average molecular weight is 453 g/mol. The van der Waals surface area contributed by atoms with Gasteiger partial charge in [-0.3, -0.25) is 4.79 Å². The fourth-order valence-electron chi connectivity index (χ4n) is 3.02. The molecule has 0 unspecified atom stereocenters. The third kappa shape index (κ3) is 4.06. The van der Waals surface area contributed by atoms with Crippen LogP contribution in [0.2, 0.25) is 0 Å². The number of nitrogens with zero attached hydrogens (tertiary/aromatic N) is 3. The molecule has 1 aliphatic rings. The number of nitrogens with one attached hydrogen (secondary N) is 1. The Labute approximate surface area is 179 Å². The van der Waals surface area contributed by atoms with Crippen LogP contribution in [0.15, 0.2) is 21.8 Å². The second kappa shape index (κ2) is 8.27. The number of hydrogen-bond donors (Lipinski definition) is 1. The van der Waals surface area contributed by atoms with Crippen molar-refractivity contribution in [2.75, 3.05) is 17.3 Å². The Morgan fingerprint density at radius 2 is 2.29 bits per heavy atom. The normalized spacial score (nSPS) is 19.0. The van der Waals surface area contributed by atoms with E-state index in [1.54, 1.807) is 17.5 Å². The molecule has 0 spiro atoms. The lowest BCUT2D eigenvalue weighted by atomic mass is 9.90. The monoisotopic (exact) mass is 452 g/mol. The van der Waals surface area contributed by atoms with Gasteiger partial charge in [0.05, 0.1) is 18.0 Å². The fourth-order valence-corrected chi connectivity index (χ4v) is 6.07. The van der Waals surface area contributed by atoms with Crippen LogP contribution in [0, 0.1) is 0 Å². The number of aromatic nitrogens is 3. The first kappa shape index (κ1) is 20.1. The van der Waals surface area contributed by atoms with E-state index in [-0.39, 0.29) is 17.3 Å². The van der Waals surface area contributed by atoms with Gasteiger partial charge in [-0.15, -0.1) is 22.7 Å². The number of fused-ring (bicyclic) bond motifs is 3. The van der Waals surface area contributed by atoms with E-state index in [9.17, 15) is 4.79 Å². The quantitative estimate of drug-likeness (QED) is 0.326. The second-order valence-electron chi connectivity index (χ2n) is 6.64. The van der Waals surface area contributed by atoms with Crippen molar-refractivity contribution in [3.8, 4) is 0 Å². The second-order valence-corrected chi connectivity index (χ2v) is 10.4. The number of anilines is 1. The smallest absolute Gasteiger partial charge is 0.236 e. The van der Waals surface area contributed by atoms with Gasteiger partial charge in [-0.2, -0.15) is 0 Å². The lowest BCUT2D eigenvalue weighted by molar-refractivity contribution is -0.113. The maximum atomic E-state index is 12.3. The van der Waals surface area contributed by atoms with E-state index >= 15 is 0 Å². The zero-order chi connectivity index (χ0) is 19.7. The van der Waals surface area contributed by atoms with Gasteiger partial charge in [-0.25, -0.2) is 15.0 Å². The number of thioether (sulfide) groups is 2. The molecule has 1 N–H and O–H groups in total. The number of carbonyl (C=O) groups excluding carboxylic acids is 1. The third-order valence-electron chi connectivity index (χ3n) is 4.73. The van der Waals surface area contributed by atoms with Gasteiger partial charge in [0.1, 0.15) is 9.86 Å².